The maximum absolute atomic E-state index is 16.0. The van der Waals surface area contributed by atoms with Gasteiger partial charge in [-0.25, -0.2) is 23.5 Å². The van der Waals surface area contributed by atoms with Gasteiger partial charge in [0.05, 0.1) is 30.5 Å². The second-order valence-corrected chi connectivity index (χ2v) is 13.9. The summed E-state index contributed by atoms with van der Waals surface area (Å²) in [6.45, 7) is 12.0. The van der Waals surface area contributed by atoms with E-state index in [2.05, 4.69) is 20.6 Å². The Morgan fingerprint density at radius 3 is 2.37 bits per heavy atom. The molecule has 2 saturated heterocycles. The van der Waals surface area contributed by atoms with Crippen molar-refractivity contribution in [2.24, 2.45) is 11.8 Å². The van der Waals surface area contributed by atoms with Crippen LogP contribution >= 0.6 is 0 Å². The highest BCUT2D eigenvalue weighted by atomic mass is 19.1. The van der Waals surface area contributed by atoms with Crippen LogP contribution in [0.15, 0.2) is 49.1 Å². The summed E-state index contributed by atoms with van der Waals surface area (Å²) in [7, 11) is 0. The molecule has 0 radical (unpaired) electrons. The van der Waals surface area contributed by atoms with Crippen molar-refractivity contribution in [2.45, 2.75) is 70.9 Å². The van der Waals surface area contributed by atoms with Gasteiger partial charge < -0.3 is 24.4 Å². The van der Waals surface area contributed by atoms with Crippen molar-refractivity contribution in [2.75, 3.05) is 24.5 Å². The number of nitrogens with one attached hydrogen (secondary N) is 1. The van der Waals surface area contributed by atoms with Crippen molar-refractivity contribution in [1.29, 1.82) is 0 Å². The number of carbonyl (C=O) groups is 3. The van der Waals surface area contributed by atoms with Gasteiger partial charge in [-0.1, -0.05) is 5.21 Å². The van der Waals surface area contributed by atoms with Gasteiger partial charge in [0.2, 0.25) is 0 Å². The summed E-state index contributed by atoms with van der Waals surface area (Å²) in [6.07, 6.45) is 4.26. The molecular formula is C32H38FN7O6. The molecule has 0 spiro atoms. The Morgan fingerprint density at radius 1 is 1.02 bits per heavy atom. The molecule has 2 aliphatic heterocycles. The van der Waals surface area contributed by atoms with Crippen LogP contribution in [0.3, 0.4) is 0 Å². The molecule has 13 nitrogen and oxygen atoms in total. The van der Waals surface area contributed by atoms with E-state index in [0.29, 0.717) is 36.4 Å². The lowest BCUT2D eigenvalue weighted by atomic mass is 9.91. The normalized spacial score (nSPS) is 24.0. The van der Waals surface area contributed by atoms with Crippen LogP contribution in [0, 0.1) is 17.7 Å². The fourth-order valence-electron chi connectivity index (χ4n) is 6.46. The van der Waals surface area contributed by atoms with E-state index in [9.17, 15) is 14.4 Å². The minimum absolute atomic E-state index is 0.169. The molecule has 1 aromatic carbocycles. The number of pyridine rings is 1. The average Bonchev–Trinajstić information content (AvgIpc) is 3.47. The van der Waals surface area contributed by atoms with E-state index in [1.807, 2.05) is 20.8 Å². The SMILES string of the molecule is CC(C)(C)OC(=O)NC1(c2ccncc2-c2ccc(N3C[C@H](Cn4ccnn4)OC3=O)cc2F)C2CN(C(=O)OC(C)(C)C)CC21. The molecule has 1 N–H and O–H groups in total. The first-order chi connectivity index (χ1) is 21.6. The zero-order valence-electron chi connectivity index (χ0n) is 26.7. The summed E-state index contributed by atoms with van der Waals surface area (Å²) in [5.74, 6) is -0.914. The molecule has 1 aliphatic carbocycles. The van der Waals surface area contributed by atoms with Crippen molar-refractivity contribution in [3.8, 4) is 11.1 Å². The first-order valence-electron chi connectivity index (χ1n) is 15.2. The predicted molar refractivity (Wildman–Crippen MR) is 163 cm³/mol. The Hall–Kier alpha value is -4.75. The number of likely N-dealkylation sites (tertiary alicyclic amines) is 1. The minimum Gasteiger partial charge on any atom is -0.444 e. The van der Waals surface area contributed by atoms with Gasteiger partial charge in [-0.15, -0.1) is 5.10 Å². The molecule has 3 amide bonds. The number of hydrogen-bond donors (Lipinski definition) is 1. The molecule has 6 rings (SSSR count). The molecule has 3 atom stereocenters. The van der Waals surface area contributed by atoms with Crippen LogP contribution in [0.2, 0.25) is 0 Å². The van der Waals surface area contributed by atoms with Crippen molar-refractivity contribution >= 4 is 24.0 Å². The highest BCUT2D eigenvalue weighted by molar-refractivity contribution is 5.90. The molecule has 3 aromatic rings. The Kier molecular flexibility index (Phi) is 7.64. The number of fused-ring (bicyclic) bond motifs is 1. The topological polar surface area (TPSA) is 141 Å². The van der Waals surface area contributed by atoms with E-state index in [1.54, 1.807) is 67.1 Å². The highest BCUT2D eigenvalue weighted by Crippen LogP contribution is 2.63. The molecular weight excluding hydrogens is 597 g/mol. The molecule has 1 saturated carbocycles. The quantitative estimate of drug-likeness (QED) is 0.381. The number of rotatable bonds is 6. The summed E-state index contributed by atoms with van der Waals surface area (Å²) in [6, 6.07) is 6.30. The number of piperidine rings is 1. The van der Waals surface area contributed by atoms with E-state index >= 15 is 4.39 Å². The summed E-state index contributed by atoms with van der Waals surface area (Å²) >= 11 is 0. The Balaban J connectivity index is 1.28. The Labute approximate surface area is 266 Å². The van der Waals surface area contributed by atoms with Crippen LogP contribution < -0.4 is 10.2 Å². The van der Waals surface area contributed by atoms with E-state index in [4.69, 9.17) is 14.2 Å². The lowest BCUT2D eigenvalue weighted by molar-refractivity contribution is 0.0250. The highest BCUT2D eigenvalue weighted by Gasteiger charge is 2.71. The van der Waals surface area contributed by atoms with Gasteiger partial charge in [-0.2, -0.15) is 0 Å². The minimum atomic E-state index is -0.933. The number of aromatic nitrogens is 4. The average molecular weight is 636 g/mol. The monoisotopic (exact) mass is 635 g/mol. The van der Waals surface area contributed by atoms with Gasteiger partial charge in [0.15, 0.2) is 0 Å². The number of nitrogens with zero attached hydrogens (tertiary/aromatic N) is 6. The maximum atomic E-state index is 16.0. The predicted octanol–water partition coefficient (Wildman–Crippen LogP) is 4.72. The van der Waals surface area contributed by atoms with Gasteiger partial charge >= 0.3 is 18.3 Å². The summed E-state index contributed by atoms with van der Waals surface area (Å²) in [4.78, 5) is 46.0. The third-order valence-corrected chi connectivity index (χ3v) is 8.30. The number of hydrogen-bond acceptors (Lipinski definition) is 9. The number of amides is 3. The molecule has 46 heavy (non-hydrogen) atoms. The van der Waals surface area contributed by atoms with Crippen molar-refractivity contribution in [3.63, 3.8) is 0 Å². The Morgan fingerprint density at radius 2 is 1.74 bits per heavy atom. The van der Waals surface area contributed by atoms with Gasteiger partial charge in [0, 0.05) is 54.6 Å². The van der Waals surface area contributed by atoms with Crippen molar-refractivity contribution < 1.29 is 33.0 Å². The number of anilines is 1. The zero-order valence-corrected chi connectivity index (χ0v) is 26.7. The van der Waals surface area contributed by atoms with Crippen molar-refractivity contribution in [1.82, 2.24) is 30.2 Å². The van der Waals surface area contributed by atoms with E-state index in [0.717, 1.165) is 0 Å². The van der Waals surface area contributed by atoms with Crippen LogP contribution in [-0.4, -0.2) is 80.1 Å². The number of halogens is 1. The summed E-state index contributed by atoms with van der Waals surface area (Å²) in [5.41, 5.74) is -0.597. The molecule has 0 bridgehead atoms. The molecule has 244 valence electrons. The molecule has 4 heterocycles. The lowest BCUT2D eigenvalue weighted by Gasteiger charge is -2.31. The molecule has 3 fully saturated rings. The van der Waals surface area contributed by atoms with Crippen LogP contribution in [0.1, 0.15) is 47.1 Å². The van der Waals surface area contributed by atoms with Crippen LogP contribution in [-0.2, 0) is 26.3 Å². The number of alkyl carbamates (subject to hydrolysis) is 1. The van der Waals surface area contributed by atoms with Crippen LogP contribution in [0.5, 0.6) is 0 Å². The zero-order chi connectivity index (χ0) is 33.0. The molecule has 2 unspecified atom stereocenters. The number of carbonyl (C=O) groups excluding carboxylic acids is 3. The van der Waals surface area contributed by atoms with E-state index < -0.39 is 46.9 Å². The fraction of sp³-hybridized carbons (Fsp3) is 0.500. The van der Waals surface area contributed by atoms with E-state index in [-0.39, 0.29) is 23.9 Å². The smallest absolute Gasteiger partial charge is 0.414 e. The van der Waals surface area contributed by atoms with Gasteiger partial charge in [0.25, 0.3) is 0 Å². The standard InChI is InChI=1S/C32H38FN7O6/c1-30(2,3)45-27(41)36-32(24-17-38(18-25(24)32)28(42)46-31(4,5)6)23-9-10-34-14-22(23)21-8-7-19(13-26(21)33)40-16-20(44-29(40)43)15-39-12-11-35-37-39/h7-14,20,24-25H,15-18H2,1-6H3,(H,36,41)/t20-,24?,25?,32?/m0/s1. The van der Waals surface area contributed by atoms with Gasteiger partial charge in [-0.3, -0.25) is 9.88 Å². The first kappa shape index (κ1) is 31.2. The van der Waals surface area contributed by atoms with E-state index in [1.165, 1.54) is 17.2 Å². The van der Waals surface area contributed by atoms with Gasteiger partial charge in [0.1, 0.15) is 23.1 Å². The van der Waals surface area contributed by atoms with Gasteiger partial charge in [-0.05, 0) is 71.4 Å². The largest absolute Gasteiger partial charge is 0.444 e. The molecule has 2 aromatic heterocycles. The second kappa shape index (κ2) is 11.2. The van der Waals surface area contributed by atoms with Crippen LogP contribution in [0.4, 0.5) is 24.5 Å². The third-order valence-electron chi connectivity index (χ3n) is 8.30. The van der Waals surface area contributed by atoms with Crippen LogP contribution in [0.25, 0.3) is 11.1 Å². The fourth-order valence-corrected chi connectivity index (χ4v) is 6.46. The Bertz CT molecular complexity index is 1640. The maximum Gasteiger partial charge on any atom is 0.414 e. The number of benzene rings is 1. The first-order valence-corrected chi connectivity index (χ1v) is 15.2. The second-order valence-electron chi connectivity index (χ2n) is 13.9. The number of cyclic esters (lactones) is 1. The number of ether oxygens (including phenoxy) is 3. The summed E-state index contributed by atoms with van der Waals surface area (Å²) < 4.78 is 34.3. The third kappa shape index (κ3) is 6.07. The molecule has 3 aliphatic rings. The van der Waals surface area contributed by atoms with Crippen molar-refractivity contribution in [3.05, 3.63) is 60.4 Å². The lowest BCUT2D eigenvalue weighted by Crippen LogP contribution is -2.47. The molecule has 14 heteroatoms. The summed E-state index contributed by atoms with van der Waals surface area (Å²) in [5, 5.41) is 10.8.